The van der Waals surface area contributed by atoms with Gasteiger partial charge in [0.15, 0.2) is 0 Å². The van der Waals surface area contributed by atoms with Crippen molar-refractivity contribution in [2.75, 3.05) is 53.4 Å². The van der Waals surface area contributed by atoms with E-state index in [4.69, 9.17) is 0 Å². The van der Waals surface area contributed by atoms with Gasteiger partial charge in [-0.05, 0) is 26.9 Å². The van der Waals surface area contributed by atoms with Crippen LogP contribution in [0.3, 0.4) is 0 Å². The number of hydrogen-bond acceptors (Lipinski definition) is 3. The fourth-order valence-corrected chi connectivity index (χ4v) is 3.11. The number of nitrogens with one attached hydrogen (secondary N) is 1. The number of piperidine rings is 2. The Kier molecular flexibility index (Phi) is 6.37. The quantitative estimate of drug-likeness (QED) is 0.833. The van der Waals surface area contributed by atoms with Crippen LogP contribution in [-0.2, 0) is 4.79 Å². The number of hydrogen-bond donors (Lipinski definition) is 1. The Morgan fingerprint density at radius 1 is 1.08 bits per heavy atom. The zero-order valence-corrected chi connectivity index (χ0v) is 14.6. The number of carbonyl (C=O) groups excluding carboxylic acids is 2. The molecule has 6 nitrogen and oxygen atoms in total. The lowest BCUT2D eigenvalue weighted by Crippen LogP contribution is -2.51. The third kappa shape index (κ3) is 5.29. The van der Waals surface area contributed by atoms with Gasteiger partial charge in [0, 0.05) is 58.0 Å². The number of halogens is 2. The van der Waals surface area contributed by atoms with Crippen molar-refractivity contribution < 1.29 is 18.4 Å². The number of alkyl halides is 2. The molecule has 0 bridgehead atoms. The summed E-state index contributed by atoms with van der Waals surface area (Å²) in [4.78, 5) is 29.7. The largest absolute Gasteiger partial charge is 0.355 e. The molecule has 0 aliphatic carbocycles. The highest BCUT2D eigenvalue weighted by Crippen LogP contribution is 2.28. The highest BCUT2D eigenvalue weighted by Gasteiger charge is 2.37. The summed E-state index contributed by atoms with van der Waals surface area (Å²) in [6, 6.07) is -0.169. The Bertz CT molecular complexity index is 441. The van der Waals surface area contributed by atoms with Gasteiger partial charge in [-0.15, -0.1) is 0 Å². The standard InChI is InChI=1S/C16H28F2N4O2/c1-20(2)12-7-19-14(23)13-3-8-21(9-4-13)15(24)22-10-5-16(17,18)6-11-22/h13H,3-12H2,1-2H3,(H,19,23). The van der Waals surface area contributed by atoms with Crippen molar-refractivity contribution in [3.63, 3.8) is 0 Å². The van der Waals surface area contributed by atoms with Gasteiger partial charge in [-0.3, -0.25) is 4.79 Å². The third-order valence-electron chi connectivity index (χ3n) is 4.76. The molecule has 0 atom stereocenters. The number of likely N-dealkylation sites (N-methyl/N-ethyl adjacent to an activating group) is 1. The summed E-state index contributed by atoms with van der Waals surface area (Å²) < 4.78 is 26.4. The number of amides is 3. The van der Waals surface area contributed by atoms with Crippen molar-refractivity contribution in [1.29, 1.82) is 0 Å². The van der Waals surface area contributed by atoms with Gasteiger partial charge in [-0.25, -0.2) is 13.6 Å². The van der Waals surface area contributed by atoms with Gasteiger partial charge < -0.3 is 20.0 Å². The minimum Gasteiger partial charge on any atom is -0.355 e. The molecular weight excluding hydrogens is 318 g/mol. The van der Waals surface area contributed by atoms with Crippen molar-refractivity contribution >= 4 is 11.9 Å². The molecule has 0 radical (unpaired) electrons. The summed E-state index contributed by atoms with van der Waals surface area (Å²) in [6.45, 7) is 2.65. The molecule has 2 saturated heterocycles. The number of nitrogens with zero attached hydrogens (tertiary/aromatic N) is 3. The molecule has 24 heavy (non-hydrogen) atoms. The van der Waals surface area contributed by atoms with E-state index in [0.29, 0.717) is 32.5 Å². The van der Waals surface area contributed by atoms with E-state index < -0.39 is 5.92 Å². The SMILES string of the molecule is CN(C)CCNC(=O)C1CCN(C(=O)N2CCC(F)(F)CC2)CC1. The monoisotopic (exact) mass is 346 g/mol. The fourth-order valence-electron chi connectivity index (χ4n) is 3.11. The summed E-state index contributed by atoms with van der Waals surface area (Å²) in [5.74, 6) is -2.67. The average molecular weight is 346 g/mol. The zero-order chi connectivity index (χ0) is 17.7. The van der Waals surface area contributed by atoms with Crippen LogP contribution in [0.4, 0.5) is 13.6 Å². The first-order valence-corrected chi connectivity index (χ1v) is 8.62. The summed E-state index contributed by atoms with van der Waals surface area (Å²) >= 11 is 0. The number of carbonyl (C=O) groups is 2. The van der Waals surface area contributed by atoms with E-state index in [-0.39, 0.29) is 43.8 Å². The van der Waals surface area contributed by atoms with Crippen molar-refractivity contribution in [3.05, 3.63) is 0 Å². The van der Waals surface area contributed by atoms with Crippen LogP contribution in [-0.4, -0.2) is 85.9 Å². The van der Waals surface area contributed by atoms with Crippen LogP contribution < -0.4 is 5.32 Å². The van der Waals surface area contributed by atoms with Crippen LogP contribution in [0.5, 0.6) is 0 Å². The first-order valence-electron chi connectivity index (χ1n) is 8.62. The van der Waals surface area contributed by atoms with Gasteiger partial charge in [0.25, 0.3) is 5.92 Å². The van der Waals surface area contributed by atoms with Crippen LogP contribution >= 0.6 is 0 Å². The highest BCUT2D eigenvalue weighted by atomic mass is 19.3. The molecule has 0 saturated carbocycles. The molecule has 2 fully saturated rings. The van der Waals surface area contributed by atoms with E-state index in [1.807, 2.05) is 19.0 Å². The Morgan fingerprint density at radius 2 is 1.62 bits per heavy atom. The predicted octanol–water partition coefficient (Wildman–Crippen LogP) is 1.23. The van der Waals surface area contributed by atoms with E-state index >= 15 is 0 Å². The summed E-state index contributed by atoms with van der Waals surface area (Å²) in [5.41, 5.74) is 0. The van der Waals surface area contributed by atoms with Gasteiger partial charge in [0.05, 0.1) is 0 Å². The lowest BCUT2D eigenvalue weighted by molar-refractivity contribution is -0.126. The van der Waals surface area contributed by atoms with Crippen LogP contribution in [0.2, 0.25) is 0 Å². The fraction of sp³-hybridized carbons (Fsp3) is 0.875. The van der Waals surface area contributed by atoms with Crippen molar-refractivity contribution in [2.45, 2.75) is 31.6 Å². The van der Waals surface area contributed by atoms with Gasteiger partial charge in [-0.1, -0.05) is 0 Å². The molecule has 2 rings (SSSR count). The maximum absolute atomic E-state index is 13.2. The van der Waals surface area contributed by atoms with E-state index in [2.05, 4.69) is 5.32 Å². The Hall–Kier alpha value is -1.44. The van der Waals surface area contributed by atoms with Gasteiger partial charge in [0.2, 0.25) is 5.91 Å². The average Bonchev–Trinajstić information content (AvgIpc) is 2.54. The molecule has 3 amide bonds. The topological polar surface area (TPSA) is 55.9 Å². The normalized spacial score (nSPS) is 21.9. The first-order chi connectivity index (χ1) is 11.3. The second-order valence-electron chi connectivity index (χ2n) is 6.98. The number of likely N-dealkylation sites (tertiary alicyclic amines) is 2. The molecule has 2 aliphatic heterocycles. The van der Waals surface area contributed by atoms with Crippen LogP contribution in [0, 0.1) is 5.92 Å². The first kappa shape index (κ1) is 18.9. The van der Waals surface area contributed by atoms with E-state index in [9.17, 15) is 18.4 Å². The lowest BCUT2D eigenvalue weighted by atomic mass is 9.96. The molecule has 0 unspecified atom stereocenters. The Morgan fingerprint density at radius 3 is 2.17 bits per heavy atom. The molecule has 2 heterocycles. The molecule has 0 spiro atoms. The molecular formula is C16H28F2N4O2. The highest BCUT2D eigenvalue weighted by molar-refractivity contribution is 5.79. The molecule has 138 valence electrons. The summed E-state index contributed by atoms with van der Waals surface area (Å²) in [5, 5.41) is 2.92. The minimum atomic E-state index is -2.64. The van der Waals surface area contributed by atoms with Gasteiger partial charge >= 0.3 is 6.03 Å². The van der Waals surface area contributed by atoms with Crippen molar-refractivity contribution in [3.8, 4) is 0 Å². The molecule has 0 aromatic carbocycles. The molecule has 8 heteroatoms. The lowest BCUT2D eigenvalue weighted by Gasteiger charge is -2.38. The summed E-state index contributed by atoms with van der Waals surface area (Å²) in [7, 11) is 3.90. The third-order valence-corrected chi connectivity index (χ3v) is 4.76. The smallest absolute Gasteiger partial charge is 0.320 e. The Balaban J connectivity index is 1.72. The molecule has 0 aromatic heterocycles. The van der Waals surface area contributed by atoms with Crippen LogP contribution in [0.25, 0.3) is 0 Å². The van der Waals surface area contributed by atoms with Gasteiger partial charge in [0.1, 0.15) is 0 Å². The predicted molar refractivity (Wildman–Crippen MR) is 87.0 cm³/mol. The van der Waals surface area contributed by atoms with Crippen molar-refractivity contribution in [2.24, 2.45) is 5.92 Å². The van der Waals surface area contributed by atoms with E-state index in [0.717, 1.165) is 6.54 Å². The number of rotatable bonds is 4. The van der Waals surface area contributed by atoms with Gasteiger partial charge in [-0.2, -0.15) is 0 Å². The van der Waals surface area contributed by atoms with Crippen LogP contribution in [0.1, 0.15) is 25.7 Å². The molecule has 2 aliphatic rings. The number of urea groups is 1. The Labute approximate surface area is 142 Å². The second kappa shape index (κ2) is 8.09. The van der Waals surface area contributed by atoms with Crippen molar-refractivity contribution in [1.82, 2.24) is 20.0 Å². The molecule has 0 aromatic rings. The van der Waals surface area contributed by atoms with E-state index in [1.165, 1.54) is 4.90 Å². The second-order valence-corrected chi connectivity index (χ2v) is 6.98. The maximum Gasteiger partial charge on any atom is 0.320 e. The maximum atomic E-state index is 13.2. The van der Waals surface area contributed by atoms with Crippen LogP contribution in [0.15, 0.2) is 0 Å². The zero-order valence-electron chi connectivity index (χ0n) is 14.6. The minimum absolute atomic E-state index is 0.0431. The molecule has 1 N–H and O–H groups in total. The van der Waals surface area contributed by atoms with E-state index in [1.54, 1.807) is 4.90 Å². The summed E-state index contributed by atoms with van der Waals surface area (Å²) in [6.07, 6.45) is 0.736.